The first kappa shape index (κ1) is 20.8. The molecule has 0 saturated heterocycles. The van der Waals surface area contributed by atoms with E-state index in [1.807, 2.05) is 36.4 Å². The molecule has 0 spiro atoms. The first-order chi connectivity index (χ1) is 16.0. The van der Waals surface area contributed by atoms with Gasteiger partial charge in [0, 0.05) is 16.5 Å². The Balaban J connectivity index is 1.36. The van der Waals surface area contributed by atoms with Crippen LogP contribution in [0.15, 0.2) is 89.1 Å². The number of rotatable bonds is 4. The Morgan fingerprint density at radius 3 is 2.67 bits per heavy atom. The predicted octanol–water partition coefficient (Wildman–Crippen LogP) is 6.79. The van der Waals surface area contributed by atoms with Crippen molar-refractivity contribution in [3.05, 3.63) is 112 Å². The fraction of sp³-hybridized carbons (Fsp3) is 0.0370. The van der Waals surface area contributed by atoms with Crippen LogP contribution in [0.1, 0.15) is 32.0 Å². The van der Waals surface area contributed by atoms with Gasteiger partial charge in [-0.25, -0.2) is 4.79 Å². The van der Waals surface area contributed by atoms with E-state index in [0.717, 1.165) is 5.56 Å². The highest BCUT2D eigenvalue weighted by atomic mass is 35.5. The van der Waals surface area contributed by atoms with Gasteiger partial charge in [0.2, 0.25) is 11.5 Å². The second kappa shape index (κ2) is 8.45. The van der Waals surface area contributed by atoms with E-state index in [2.05, 4.69) is 0 Å². The van der Waals surface area contributed by atoms with Crippen molar-refractivity contribution in [2.75, 3.05) is 0 Å². The normalized spacial score (nSPS) is 14.1. The van der Waals surface area contributed by atoms with E-state index in [9.17, 15) is 9.59 Å². The van der Waals surface area contributed by atoms with E-state index in [-0.39, 0.29) is 23.1 Å². The van der Waals surface area contributed by atoms with Crippen LogP contribution < -0.4 is 9.47 Å². The Morgan fingerprint density at radius 2 is 1.85 bits per heavy atom. The lowest BCUT2D eigenvalue weighted by Gasteiger charge is -2.06. The second-order valence-corrected chi connectivity index (χ2v) is 7.96. The summed E-state index contributed by atoms with van der Waals surface area (Å²) in [5.41, 5.74) is 2.64. The molecule has 0 unspecified atom stereocenters. The molecule has 0 aliphatic carbocycles. The van der Waals surface area contributed by atoms with E-state index in [4.69, 9.17) is 25.5 Å². The van der Waals surface area contributed by atoms with Crippen LogP contribution in [0.3, 0.4) is 0 Å². The Labute approximate surface area is 194 Å². The molecular formula is C27H17ClO5. The molecule has 0 atom stereocenters. The van der Waals surface area contributed by atoms with Crippen LogP contribution in [0.25, 0.3) is 17.0 Å². The van der Waals surface area contributed by atoms with E-state index < -0.39 is 5.97 Å². The molecule has 33 heavy (non-hydrogen) atoms. The lowest BCUT2D eigenvalue weighted by atomic mass is 10.0. The number of aryl methyl sites for hydroxylation is 1. The number of hydrogen-bond donors (Lipinski definition) is 0. The number of ether oxygens (including phenoxy) is 2. The van der Waals surface area contributed by atoms with Gasteiger partial charge >= 0.3 is 5.97 Å². The van der Waals surface area contributed by atoms with E-state index in [0.29, 0.717) is 32.9 Å². The number of ketones is 1. The average Bonchev–Trinajstić information content (AvgIpc) is 3.35. The van der Waals surface area contributed by atoms with Gasteiger partial charge in [0.25, 0.3) is 0 Å². The van der Waals surface area contributed by atoms with Crippen LogP contribution in [0.4, 0.5) is 0 Å². The van der Waals surface area contributed by atoms with E-state index >= 15 is 0 Å². The van der Waals surface area contributed by atoms with Gasteiger partial charge in [-0.2, -0.15) is 0 Å². The number of fused-ring (bicyclic) bond motifs is 2. The fourth-order valence-corrected chi connectivity index (χ4v) is 3.81. The lowest BCUT2D eigenvalue weighted by molar-refractivity contribution is 0.0703. The van der Waals surface area contributed by atoms with Gasteiger partial charge in [-0.1, -0.05) is 54.1 Å². The molecule has 3 aromatic carbocycles. The summed E-state index contributed by atoms with van der Waals surface area (Å²) < 4.78 is 16.8. The molecule has 2 heterocycles. The highest BCUT2D eigenvalue weighted by molar-refractivity contribution is 6.31. The number of carbonyl (C=O) groups is 2. The summed E-state index contributed by atoms with van der Waals surface area (Å²) in [6.07, 6.45) is 5.27. The molecule has 1 aromatic heterocycles. The van der Waals surface area contributed by atoms with E-state index in [1.54, 1.807) is 49.4 Å². The molecule has 0 amide bonds. The number of benzene rings is 3. The molecule has 0 bridgehead atoms. The van der Waals surface area contributed by atoms with Gasteiger partial charge in [0.05, 0.1) is 5.56 Å². The maximum atomic E-state index is 12.8. The van der Waals surface area contributed by atoms with Crippen LogP contribution in [-0.4, -0.2) is 11.8 Å². The molecule has 0 N–H and O–H groups in total. The summed E-state index contributed by atoms with van der Waals surface area (Å²) in [5.74, 6) is -0.0195. The summed E-state index contributed by atoms with van der Waals surface area (Å²) in [7, 11) is 0. The molecule has 1 aliphatic rings. The molecule has 0 fully saturated rings. The maximum absolute atomic E-state index is 12.8. The van der Waals surface area contributed by atoms with Crippen molar-refractivity contribution in [3.8, 4) is 11.5 Å². The van der Waals surface area contributed by atoms with Gasteiger partial charge in [-0.15, -0.1) is 0 Å². The minimum Gasteiger partial charge on any atom is -0.452 e. The molecule has 1 aliphatic heterocycles. The number of Topliss-reactive ketones (excluding diaryl/α,β-unsaturated/α-hetero) is 1. The van der Waals surface area contributed by atoms with Crippen molar-refractivity contribution in [3.63, 3.8) is 0 Å². The molecule has 5 rings (SSSR count). The first-order valence-electron chi connectivity index (χ1n) is 10.2. The molecule has 6 heteroatoms. The number of hydrogen-bond acceptors (Lipinski definition) is 5. The number of allylic oxidation sites excluding steroid dienone is 3. The van der Waals surface area contributed by atoms with Gasteiger partial charge in [-0.05, 0) is 54.5 Å². The third-order valence-electron chi connectivity index (χ3n) is 5.17. The average molecular weight is 457 g/mol. The smallest absolute Gasteiger partial charge is 0.379 e. The first-order valence-corrected chi connectivity index (χ1v) is 10.6. The monoisotopic (exact) mass is 456 g/mol. The molecule has 5 nitrogen and oxygen atoms in total. The van der Waals surface area contributed by atoms with Crippen LogP contribution in [0, 0.1) is 6.92 Å². The standard InChI is InChI=1S/C27H17ClO5/c1-16-12-20(31-27(30)24-14-18-13-19(28)10-11-21(18)32-24)15-23-25(16)26(29)22(33-23)9-5-8-17-6-3-2-4-7-17/h2-15H,1H3/b8-5+,22-9-. The zero-order valence-electron chi connectivity index (χ0n) is 17.5. The highest BCUT2D eigenvalue weighted by Crippen LogP contribution is 2.37. The summed E-state index contributed by atoms with van der Waals surface area (Å²) in [4.78, 5) is 25.4. The van der Waals surface area contributed by atoms with Crippen molar-refractivity contribution >= 4 is 40.4 Å². The molecule has 162 valence electrons. The quantitative estimate of drug-likeness (QED) is 0.192. The Morgan fingerprint density at radius 1 is 1.03 bits per heavy atom. The van der Waals surface area contributed by atoms with Crippen molar-refractivity contribution in [1.29, 1.82) is 0 Å². The van der Waals surface area contributed by atoms with Crippen molar-refractivity contribution in [2.45, 2.75) is 6.92 Å². The summed E-state index contributed by atoms with van der Waals surface area (Å²) in [6, 6.07) is 19.5. The molecule has 4 aromatic rings. The van der Waals surface area contributed by atoms with Crippen LogP contribution in [0.5, 0.6) is 11.5 Å². The SMILES string of the molecule is Cc1cc(OC(=O)c2cc3cc(Cl)ccc3o2)cc2c1C(=O)/C(=C/C=C/c1ccccc1)O2. The number of halogens is 1. The third kappa shape index (κ3) is 4.19. The minimum atomic E-state index is -0.660. The Hall–Kier alpha value is -4.09. The Kier molecular flexibility index (Phi) is 5.32. The molecule has 0 radical (unpaired) electrons. The van der Waals surface area contributed by atoms with Crippen LogP contribution in [-0.2, 0) is 0 Å². The topological polar surface area (TPSA) is 65.7 Å². The van der Waals surface area contributed by atoms with Crippen molar-refractivity contribution in [2.24, 2.45) is 0 Å². The Bertz CT molecular complexity index is 1460. The van der Waals surface area contributed by atoms with Gasteiger partial charge in [0.15, 0.2) is 5.76 Å². The van der Waals surface area contributed by atoms with Gasteiger partial charge in [0.1, 0.15) is 17.1 Å². The lowest BCUT2D eigenvalue weighted by Crippen LogP contribution is -2.07. The summed E-state index contributed by atoms with van der Waals surface area (Å²) >= 11 is 5.99. The minimum absolute atomic E-state index is 0.0500. The van der Waals surface area contributed by atoms with Crippen molar-refractivity contribution < 1.29 is 23.5 Å². The highest BCUT2D eigenvalue weighted by Gasteiger charge is 2.30. The zero-order valence-corrected chi connectivity index (χ0v) is 18.3. The van der Waals surface area contributed by atoms with Gasteiger partial charge in [-0.3, -0.25) is 4.79 Å². The largest absolute Gasteiger partial charge is 0.452 e. The second-order valence-electron chi connectivity index (χ2n) is 7.53. The third-order valence-corrected chi connectivity index (χ3v) is 5.40. The van der Waals surface area contributed by atoms with Crippen molar-refractivity contribution in [1.82, 2.24) is 0 Å². The molecule has 0 saturated carbocycles. The zero-order chi connectivity index (χ0) is 22.9. The fourth-order valence-electron chi connectivity index (χ4n) is 3.63. The van der Waals surface area contributed by atoms with Gasteiger partial charge < -0.3 is 13.9 Å². The molecular weight excluding hydrogens is 440 g/mol. The number of carbonyl (C=O) groups excluding carboxylic acids is 2. The van der Waals surface area contributed by atoms with Crippen LogP contribution in [0.2, 0.25) is 5.02 Å². The van der Waals surface area contributed by atoms with E-state index in [1.165, 1.54) is 6.07 Å². The van der Waals surface area contributed by atoms with Crippen LogP contribution >= 0.6 is 11.6 Å². The maximum Gasteiger partial charge on any atom is 0.379 e. The summed E-state index contributed by atoms with van der Waals surface area (Å²) in [6.45, 7) is 1.77. The summed E-state index contributed by atoms with van der Waals surface area (Å²) in [5, 5.41) is 1.24. The number of esters is 1. The predicted molar refractivity (Wildman–Crippen MR) is 126 cm³/mol. The number of furan rings is 1.